The van der Waals surface area contributed by atoms with Crippen LogP contribution in [0.3, 0.4) is 0 Å². The number of rotatable bonds is 10. The van der Waals surface area contributed by atoms with Crippen molar-refractivity contribution in [1.29, 1.82) is 0 Å². The molecule has 0 bridgehead atoms. The van der Waals surface area contributed by atoms with Gasteiger partial charge in [-0.05, 0) is 37.6 Å². The van der Waals surface area contributed by atoms with Crippen molar-refractivity contribution in [2.75, 3.05) is 11.9 Å². The Labute approximate surface area is 202 Å². The number of aryl methyl sites for hydroxylation is 1. The quantitative estimate of drug-likeness (QED) is 0.266. The Balaban J connectivity index is 1.68. The van der Waals surface area contributed by atoms with E-state index in [1.54, 1.807) is 42.6 Å². The average Bonchev–Trinajstić information content (AvgIpc) is 3.15. The number of nitrogens with two attached hydrogens (primary N) is 1. The van der Waals surface area contributed by atoms with Crippen LogP contribution in [-0.2, 0) is 13.1 Å². The Bertz CT molecular complexity index is 1220. The highest BCUT2D eigenvalue weighted by Crippen LogP contribution is 2.35. The third-order valence-corrected chi connectivity index (χ3v) is 6.03. The van der Waals surface area contributed by atoms with Crippen LogP contribution in [-0.4, -0.2) is 26.1 Å². The Morgan fingerprint density at radius 1 is 0.939 bits per heavy atom. The van der Waals surface area contributed by atoms with Gasteiger partial charge >= 0.3 is 0 Å². The predicted molar refractivity (Wildman–Crippen MR) is 132 cm³/mol. The topological polar surface area (TPSA) is 81.7 Å². The fourth-order valence-electron chi connectivity index (χ4n) is 3.70. The number of aromatic nitrogens is 4. The van der Waals surface area contributed by atoms with Gasteiger partial charge in [-0.1, -0.05) is 60.3 Å². The molecule has 9 heteroatoms. The summed E-state index contributed by atoms with van der Waals surface area (Å²) in [5.41, 5.74) is 8.14. The number of nitrogens with zero attached hydrogens (tertiary/aromatic N) is 4. The number of imidazole rings is 1. The first-order valence-corrected chi connectivity index (χ1v) is 11.7. The number of halogens is 3. The normalized spacial score (nSPS) is 11.3. The van der Waals surface area contributed by atoms with Crippen LogP contribution in [0.4, 0.5) is 10.3 Å². The highest BCUT2D eigenvalue weighted by atomic mass is 35.5. The SMILES string of the molecule is NCCCCCCn1c(-c2c(Cl)cccc2Cl)nc2cnc(NCc3ccccc3F)nc21. The van der Waals surface area contributed by atoms with Crippen LogP contribution in [0.2, 0.25) is 10.0 Å². The summed E-state index contributed by atoms with van der Waals surface area (Å²) in [5.74, 6) is 0.774. The van der Waals surface area contributed by atoms with Crippen molar-refractivity contribution < 1.29 is 4.39 Å². The lowest BCUT2D eigenvalue weighted by Gasteiger charge is -2.12. The molecule has 2 aromatic heterocycles. The minimum absolute atomic E-state index is 0.272. The van der Waals surface area contributed by atoms with Crippen LogP contribution in [0.5, 0.6) is 0 Å². The summed E-state index contributed by atoms with van der Waals surface area (Å²) in [6.07, 6.45) is 5.69. The van der Waals surface area contributed by atoms with Gasteiger partial charge in [0.05, 0.1) is 21.8 Å². The van der Waals surface area contributed by atoms with Crippen molar-refractivity contribution in [2.24, 2.45) is 5.73 Å². The first kappa shape index (κ1) is 23.4. The summed E-state index contributed by atoms with van der Waals surface area (Å²) in [4.78, 5) is 13.8. The number of nitrogens with one attached hydrogen (secondary N) is 1. The lowest BCUT2D eigenvalue weighted by molar-refractivity contribution is 0.583. The number of hydrogen-bond donors (Lipinski definition) is 2. The summed E-state index contributed by atoms with van der Waals surface area (Å²) < 4.78 is 16.0. The molecule has 2 heterocycles. The molecular weight excluding hydrogens is 462 g/mol. The van der Waals surface area contributed by atoms with Crippen molar-refractivity contribution in [3.05, 3.63) is 70.1 Å². The molecule has 2 aromatic carbocycles. The predicted octanol–water partition coefficient (Wildman–Crippen LogP) is 6.07. The molecule has 0 saturated heterocycles. The molecule has 0 aliphatic carbocycles. The van der Waals surface area contributed by atoms with Gasteiger partial charge in [-0.3, -0.25) is 0 Å². The first-order valence-electron chi connectivity index (χ1n) is 10.9. The monoisotopic (exact) mass is 486 g/mol. The lowest BCUT2D eigenvalue weighted by atomic mass is 10.2. The smallest absolute Gasteiger partial charge is 0.225 e. The standard InChI is InChI=1S/C24H25Cl2FN6/c25-17-9-7-10-18(26)21(17)23-31-20-15-30-24(29-14-16-8-3-4-11-19(16)27)32-22(20)33(23)13-6-2-1-5-12-28/h3-4,7-11,15H,1-2,5-6,12-14,28H2,(H,29,30,32). The summed E-state index contributed by atoms with van der Waals surface area (Å²) in [6, 6.07) is 12.0. The highest BCUT2D eigenvalue weighted by molar-refractivity contribution is 6.39. The van der Waals surface area contributed by atoms with E-state index in [4.69, 9.17) is 38.9 Å². The number of benzene rings is 2. The van der Waals surface area contributed by atoms with Crippen molar-refractivity contribution in [2.45, 2.75) is 38.8 Å². The molecule has 0 unspecified atom stereocenters. The molecule has 0 atom stereocenters. The van der Waals surface area contributed by atoms with Gasteiger partial charge < -0.3 is 15.6 Å². The number of fused-ring (bicyclic) bond motifs is 1. The molecule has 4 aromatic rings. The molecule has 4 rings (SSSR count). The van der Waals surface area contributed by atoms with Crippen molar-refractivity contribution in [3.8, 4) is 11.4 Å². The van der Waals surface area contributed by atoms with E-state index in [1.165, 1.54) is 6.07 Å². The fraction of sp³-hybridized carbons (Fsp3) is 0.292. The van der Waals surface area contributed by atoms with Gasteiger partial charge in [0.1, 0.15) is 17.2 Å². The second kappa shape index (κ2) is 10.9. The van der Waals surface area contributed by atoms with E-state index in [1.807, 2.05) is 4.57 Å². The maximum absolute atomic E-state index is 14.0. The van der Waals surface area contributed by atoms with Crippen molar-refractivity contribution >= 4 is 40.3 Å². The molecule has 172 valence electrons. The number of unbranched alkanes of at least 4 members (excludes halogenated alkanes) is 3. The Hall–Kier alpha value is -2.74. The van der Waals surface area contributed by atoms with Crippen LogP contribution in [0, 0.1) is 5.82 Å². The van der Waals surface area contributed by atoms with E-state index in [0.29, 0.717) is 57.2 Å². The third kappa shape index (κ3) is 5.43. The molecule has 0 aliphatic heterocycles. The van der Waals surface area contributed by atoms with Gasteiger partial charge in [-0.2, -0.15) is 4.98 Å². The first-order chi connectivity index (χ1) is 16.1. The van der Waals surface area contributed by atoms with E-state index in [-0.39, 0.29) is 12.4 Å². The van der Waals surface area contributed by atoms with Crippen LogP contribution >= 0.6 is 23.2 Å². The van der Waals surface area contributed by atoms with Crippen LogP contribution < -0.4 is 11.1 Å². The van der Waals surface area contributed by atoms with Crippen LogP contribution in [0.1, 0.15) is 31.2 Å². The fourth-order valence-corrected chi connectivity index (χ4v) is 4.27. The Kier molecular flexibility index (Phi) is 7.75. The van der Waals surface area contributed by atoms with E-state index < -0.39 is 0 Å². The van der Waals surface area contributed by atoms with Gasteiger partial charge in [0, 0.05) is 18.7 Å². The molecule has 3 N–H and O–H groups in total. The minimum atomic E-state index is -0.274. The molecule has 0 fully saturated rings. The minimum Gasteiger partial charge on any atom is -0.350 e. The van der Waals surface area contributed by atoms with Crippen LogP contribution in [0.15, 0.2) is 48.7 Å². The highest BCUT2D eigenvalue weighted by Gasteiger charge is 2.19. The molecule has 33 heavy (non-hydrogen) atoms. The largest absolute Gasteiger partial charge is 0.350 e. The molecule has 0 radical (unpaired) electrons. The summed E-state index contributed by atoms with van der Waals surface area (Å²) in [7, 11) is 0. The Morgan fingerprint density at radius 2 is 1.70 bits per heavy atom. The van der Waals surface area contributed by atoms with Gasteiger partial charge in [0.2, 0.25) is 5.95 Å². The Morgan fingerprint density at radius 3 is 2.45 bits per heavy atom. The van der Waals surface area contributed by atoms with E-state index in [2.05, 4.69) is 10.3 Å². The third-order valence-electron chi connectivity index (χ3n) is 5.40. The molecular formula is C24H25Cl2FN6. The molecule has 6 nitrogen and oxygen atoms in total. The average molecular weight is 487 g/mol. The van der Waals surface area contributed by atoms with Crippen molar-refractivity contribution in [3.63, 3.8) is 0 Å². The van der Waals surface area contributed by atoms with Gasteiger partial charge in [0.25, 0.3) is 0 Å². The van der Waals surface area contributed by atoms with Crippen LogP contribution in [0.25, 0.3) is 22.6 Å². The number of anilines is 1. The van der Waals surface area contributed by atoms with Gasteiger partial charge in [-0.25, -0.2) is 14.4 Å². The maximum atomic E-state index is 14.0. The van der Waals surface area contributed by atoms with Gasteiger partial charge in [0.15, 0.2) is 5.65 Å². The molecule has 0 saturated carbocycles. The zero-order chi connectivity index (χ0) is 23.2. The van der Waals surface area contributed by atoms with E-state index >= 15 is 0 Å². The second-order valence-corrected chi connectivity index (χ2v) is 8.55. The summed E-state index contributed by atoms with van der Waals surface area (Å²) in [6.45, 7) is 1.66. The van der Waals surface area contributed by atoms with E-state index in [0.717, 1.165) is 25.7 Å². The molecule has 0 spiro atoms. The maximum Gasteiger partial charge on any atom is 0.225 e. The second-order valence-electron chi connectivity index (χ2n) is 7.73. The zero-order valence-electron chi connectivity index (χ0n) is 18.1. The zero-order valence-corrected chi connectivity index (χ0v) is 19.6. The lowest BCUT2D eigenvalue weighted by Crippen LogP contribution is -2.07. The molecule has 0 aliphatic rings. The van der Waals surface area contributed by atoms with Crippen molar-refractivity contribution in [1.82, 2.24) is 19.5 Å². The van der Waals surface area contributed by atoms with E-state index in [9.17, 15) is 4.39 Å². The van der Waals surface area contributed by atoms with Gasteiger partial charge in [-0.15, -0.1) is 0 Å². The molecule has 0 amide bonds. The summed E-state index contributed by atoms with van der Waals surface area (Å²) in [5, 5.41) is 4.15. The number of hydrogen-bond acceptors (Lipinski definition) is 5. The summed E-state index contributed by atoms with van der Waals surface area (Å²) >= 11 is 13.0.